The smallest absolute Gasteiger partial charge is 0.311 e. The van der Waals surface area contributed by atoms with Crippen LogP contribution < -0.4 is 16.6 Å². The number of rotatable bonds is 4. The predicted molar refractivity (Wildman–Crippen MR) is 78.3 cm³/mol. The third kappa shape index (κ3) is 2.98. The van der Waals surface area contributed by atoms with Gasteiger partial charge in [0.05, 0.1) is 4.92 Å². The second kappa shape index (κ2) is 6.04. The molecule has 2 rings (SSSR count). The zero-order valence-electron chi connectivity index (χ0n) is 11.8. The number of nitrogen functional groups attached to an aromatic ring is 1. The molecule has 0 aromatic carbocycles. The van der Waals surface area contributed by atoms with Gasteiger partial charge in [-0.25, -0.2) is 10.8 Å². The highest BCUT2D eigenvalue weighted by atomic mass is 16.6. The van der Waals surface area contributed by atoms with Gasteiger partial charge in [-0.15, -0.1) is 0 Å². The van der Waals surface area contributed by atoms with E-state index < -0.39 is 4.92 Å². The SMILES string of the molecule is CC1CCCC(Nc2nc(NN)ccc2[N+](=O)[O-])C1C. The van der Waals surface area contributed by atoms with E-state index in [9.17, 15) is 10.1 Å². The number of nitrogens with zero attached hydrogens (tertiary/aromatic N) is 2. The van der Waals surface area contributed by atoms with E-state index in [4.69, 9.17) is 5.84 Å². The maximum atomic E-state index is 11.1. The Morgan fingerprint density at radius 2 is 2.15 bits per heavy atom. The van der Waals surface area contributed by atoms with Crippen LogP contribution >= 0.6 is 0 Å². The maximum absolute atomic E-state index is 11.1. The Morgan fingerprint density at radius 1 is 1.40 bits per heavy atom. The number of anilines is 2. The van der Waals surface area contributed by atoms with Crippen molar-refractivity contribution >= 4 is 17.3 Å². The quantitative estimate of drug-likeness (QED) is 0.444. The molecular weight excluding hydrogens is 258 g/mol. The lowest BCUT2D eigenvalue weighted by atomic mass is 9.78. The molecule has 3 atom stereocenters. The molecule has 1 aliphatic carbocycles. The molecule has 0 aliphatic heterocycles. The molecule has 1 aromatic rings. The molecule has 1 aliphatic rings. The number of nitro groups is 1. The first-order valence-electron chi connectivity index (χ1n) is 6.91. The Kier molecular flexibility index (Phi) is 4.39. The average molecular weight is 279 g/mol. The lowest BCUT2D eigenvalue weighted by molar-refractivity contribution is -0.384. The molecule has 1 fully saturated rings. The summed E-state index contributed by atoms with van der Waals surface area (Å²) in [6.45, 7) is 4.40. The molecule has 20 heavy (non-hydrogen) atoms. The molecule has 0 spiro atoms. The molecule has 110 valence electrons. The van der Waals surface area contributed by atoms with Gasteiger partial charge in [-0.2, -0.15) is 0 Å². The fraction of sp³-hybridized carbons (Fsp3) is 0.615. The lowest BCUT2D eigenvalue weighted by Crippen LogP contribution is -2.35. The predicted octanol–water partition coefficient (Wildman–Crippen LogP) is 2.51. The number of hydrazine groups is 1. The molecule has 1 aromatic heterocycles. The van der Waals surface area contributed by atoms with Crippen molar-refractivity contribution in [2.45, 2.75) is 39.2 Å². The first-order chi connectivity index (χ1) is 9.52. The second-order valence-corrected chi connectivity index (χ2v) is 5.48. The molecule has 7 nitrogen and oxygen atoms in total. The van der Waals surface area contributed by atoms with Crippen LogP contribution in [0, 0.1) is 22.0 Å². The zero-order chi connectivity index (χ0) is 14.7. The molecule has 3 unspecified atom stereocenters. The van der Waals surface area contributed by atoms with Gasteiger partial charge in [0.15, 0.2) is 0 Å². The number of hydrogen-bond acceptors (Lipinski definition) is 6. The van der Waals surface area contributed by atoms with E-state index in [1.807, 2.05) is 0 Å². The van der Waals surface area contributed by atoms with Gasteiger partial charge in [-0.1, -0.05) is 26.7 Å². The van der Waals surface area contributed by atoms with E-state index in [0.717, 1.165) is 12.8 Å². The largest absolute Gasteiger partial charge is 0.361 e. The van der Waals surface area contributed by atoms with Gasteiger partial charge in [-0.3, -0.25) is 10.1 Å². The molecule has 0 saturated heterocycles. The summed E-state index contributed by atoms with van der Waals surface area (Å²) in [5, 5.41) is 14.3. The normalized spacial score (nSPS) is 26.1. The summed E-state index contributed by atoms with van der Waals surface area (Å²) in [5.41, 5.74) is 2.40. The average Bonchev–Trinajstić information content (AvgIpc) is 2.43. The van der Waals surface area contributed by atoms with Gasteiger partial charge in [0.25, 0.3) is 0 Å². The minimum absolute atomic E-state index is 0.0190. The first-order valence-corrected chi connectivity index (χ1v) is 6.91. The van der Waals surface area contributed by atoms with Crippen LogP contribution in [0.4, 0.5) is 17.3 Å². The Balaban J connectivity index is 2.24. The number of hydrogen-bond donors (Lipinski definition) is 3. The highest BCUT2D eigenvalue weighted by Crippen LogP contribution is 2.33. The number of nitrogens with two attached hydrogens (primary N) is 1. The fourth-order valence-electron chi connectivity index (χ4n) is 2.75. The van der Waals surface area contributed by atoms with Crippen LogP contribution in [0.25, 0.3) is 0 Å². The summed E-state index contributed by atoms with van der Waals surface area (Å²) in [6, 6.07) is 3.12. The summed E-state index contributed by atoms with van der Waals surface area (Å²) < 4.78 is 0. The van der Waals surface area contributed by atoms with Gasteiger partial charge < -0.3 is 10.7 Å². The van der Waals surface area contributed by atoms with Gasteiger partial charge >= 0.3 is 5.69 Å². The third-order valence-corrected chi connectivity index (χ3v) is 4.25. The van der Waals surface area contributed by atoms with E-state index in [1.54, 1.807) is 0 Å². The molecule has 0 amide bonds. The third-order valence-electron chi connectivity index (χ3n) is 4.25. The fourth-order valence-corrected chi connectivity index (χ4v) is 2.75. The van der Waals surface area contributed by atoms with Crippen molar-refractivity contribution in [3.8, 4) is 0 Å². The van der Waals surface area contributed by atoms with Gasteiger partial charge in [0.1, 0.15) is 5.82 Å². The van der Waals surface area contributed by atoms with E-state index in [-0.39, 0.29) is 17.5 Å². The first kappa shape index (κ1) is 14.5. The lowest BCUT2D eigenvalue weighted by Gasteiger charge is -2.34. The highest BCUT2D eigenvalue weighted by Gasteiger charge is 2.29. The summed E-state index contributed by atoms with van der Waals surface area (Å²) in [7, 11) is 0. The Bertz CT molecular complexity index is 494. The zero-order valence-corrected chi connectivity index (χ0v) is 11.8. The van der Waals surface area contributed by atoms with Crippen molar-refractivity contribution in [3.63, 3.8) is 0 Å². The second-order valence-electron chi connectivity index (χ2n) is 5.48. The number of aromatic nitrogens is 1. The molecule has 0 bridgehead atoms. The van der Waals surface area contributed by atoms with Gasteiger partial charge in [0.2, 0.25) is 5.82 Å². The van der Waals surface area contributed by atoms with Crippen molar-refractivity contribution in [2.75, 3.05) is 10.7 Å². The standard InChI is InChI=1S/C13H21N5O2/c1-8-4-3-5-10(9(8)2)15-13-11(18(19)20)6-7-12(16-13)17-14/h6-10H,3-5,14H2,1-2H3,(H2,15,16,17). The Labute approximate surface area is 118 Å². The summed E-state index contributed by atoms with van der Waals surface area (Å²) in [4.78, 5) is 14.8. The van der Waals surface area contributed by atoms with Crippen LogP contribution in [-0.2, 0) is 0 Å². The van der Waals surface area contributed by atoms with E-state index in [2.05, 4.69) is 29.6 Å². The van der Waals surface area contributed by atoms with Crippen molar-refractivity contribution in [1.29, 1.82) is 0 Å². The van der Waals surface area contributed by atoms with Crippen molar-refractivity contribution < 1.29 is 4.92 Å². The maximum Gasteiger partial charge on any atom is 0.311 e. The minimum atomic E-state index is -0.424. The van der Waals surface area contributed by atoms with Crippen molar-refractivity contribution in [1.82, 2.24) is 4.98 Å². The minimum Gasteiger partial charge on any atom is -0.361 e. The van der Waals surface area contributed by atoms with Crippen LogP contribution in [0.15, 0.2) is 12.1 Å². The van der Waals surface area contributed by atoms with E-state index in [0.29, 0.717) is 17.7 Å². The number of nitrogens with one attached hydrogen (secondary N) is 2. The topological polar surface area (TPSA) is 106 Å². The summed E-state index contributed by atoms with van der Waals surface area (Å²) >= 11 is 0. The van der Waals surface area contributed by atoms with Crippen LogP contribution in [0.1, 0.15) is 33.1 Å². The molecule has 1 saturated carbocycles. The van der Waals surface area contributed by atoms with E-state index in [1.165, 1.54) is 18.6 Å². The Morgan fingerprint density at radius 3 is 2.80 bits per heavy atom. The molecule has 7 heteroatoms. The van der Waals surface area contributed by atoms with Crippen molar-refractivity contribution in [3.05, 3.63) is 22.2 Å². The summed E-state index contributed by atoms with van der Waals surface area (Å²) in [5.74, 6) is 7.08. The summed E-state index contributed by atoms with van der Waals surface area (Å²) in [6.07, 6.45) is 3.34. The van der Waals surface area contributed by atoms with E-state index >= 15 is 0 Å². The molecular formula is C13H21N5O2. The van der Waals surface area contributed by atoms with Crippen LogP contribution in [-0.4, -0.2) is 15.9 Å². The van der Waals surface area contributed by atoms with Crippen LogP contribution in [0.5, 0.6) is 0 Å². The van der Waals surface area contributed by atoms with Crippen LogP contribution in [0.2, 0.25) is 0 Å². The van der Waals surface area contributed by atoms with Crippen LogP contribution in [0.3, 0.4) is 0 Å². The molecule has 4 N–H and O–H groups in total. The van der Waals surface area contributed by atoms with Gasteiger partial charge in [-0.05, 0) is 24.3 Å². The Hall–Kier alpha value is -1.89. The monoisotopic (exact) mass is 279 g/mol. The van der Waals surface area contributed by atoms with Crippen molar-refractivity contribution in [2.24, 2.45) is 17.7 Å². The molecule has 1 heterocycles. The van der Waals surface area contributed by atoms with Gasteiger partial charge in [0, 0.05) is 12.1 Å². The number of pyridine rings is 1. The highest BCUT2D eigenvalue weighted by molar-refractivity contribution is 5.60. The molecule has 0 radical (unpaired) electrons.